The van der Waals surface area contributed by atoms with Gasteiger partial charge in [-0.05, 0) is 62.3 Å². The molecular formula is C16H29NO. The van der Waals surface area contributed by atoms with Gasteiger partial charge in [-0.2, -0.15) is 0 Å². The fourth-order valence-corrected chi connectivity index (χ4v) is 4.29. The summed E-state index contributed by atoms with van der Waals surface area (Å²) in [5.74, 6) is 1.75. The van der Waals surface area contributed by atoms with Crippen molar-refractivity contribution < 1.29 is 4.74 Å². The van der Waals surface area contributed by atoms with Crippen LogP contribution < -0.4 is 5.32 Å². The zero-order valence-electron chi connectivity index (χ0n) is 12.3. The van der Waals surface area contributed by atoms with E-state index in [0.29, 0.717) is 11.0 Å². The maximum Gasteiger partial charge on any atom is 0.0685 e. The normalized spacial score (nSPS) is 38.2. The molecule has 2 saturated carbocycles. The Morgan fingerprint density at radius 1 is 1.28 bits per heavy atom. The highest BCUT2D eigenvalue weighted by Gasteiger charge is 2.54. The first-order valence-electron chi connectivity index (χ1n) is 7.94. The van der Waals surface area contributed by atoms with Gasteiger partial charge in [-0.3, -0.25) is 0 Å². The van der Waals surface area contributed by atoms with Gasteiger partial charge in [-0.15, -0.1) is 0 Å². The summed E-state index contributed by atoms with van der Waals surface area (Å²) in [5.41, 5.74) is 0.882. The third-order valence-electron chi connectivity index (χ3n) is 5.77. The Kier molecular flexibility index (Phi) is 3.22. The molecule has 0 aromatic rings. The van der Waals surface area contributed by atoms with Crippen molar-refractivity contribution in [3.8, 4) is 0 Å². The van der Waals surface area contributed by atoms with Crippen LogP contribution in [-0.2, 0) is 4.74 Å². The van der Waals surface area contributed by atoms with E-state index in [9.17, 15) is 0 Å². The van der Waals surface area contributed by atoms with Gasteiger partial charge in [-0.25, -0.2) is 0 Å². The Labute approximate surface area is 112 Å². The predicted octanol–water partition coefficient (Wildman–Crippen LogP) is 3.36. The highest BCUT2D eigenvalue weighted by atomic mass is 16.5. The van der Waals surface area contributed by atoms with Gasteiger partial charge in [0.1, 0.15) is 0 Å². The molecule has 1 heterocycles. The zero-order chi connectivity index (χ0) is 12.8. The van der Waals surface area contributed by atoms with Crippen LogP contribution in [0.3, 0.4) is 0 Å². The Balaban J connectivity index is 1.66. The molecule has 2 aliphatic carbocycles. The molecule has 104 valence electrons. The van der Waals surface area contributed by atoms with Gasteiger partial charge in [0.2, 0.25) is 0 Å². The van der Waals surface area contributed by atoms with Gasteiger partial charge in [0.05, 0.1) is 5.60 Å². The lowest BCUT2D eigenvalue weighted by Crippen LogP contribution is -2.51. The Morgan fingerprint density at radius 3 is 2.50 bits per heavy atom. The SMILES string of the molecule is CCNC(C1CCOC2(CCC2)C1)C1CC1(C)C. The van der Waals surface area contributed by atoms with Gasteiger partial charge in [0.25, 0.3) is 0 Å². The molecule has 1 aliphatic heterocycles. The van der Waals surface area contributed by atoms with Crippen molar-refractivity contribution in [2.45, 2.75) is 70.9 Å². The summed E-state index contributed by atoms with van der Waals surface area (Å²) in [6.45, 7) is 9.23. The lowest BCUT2D eigenvalue weighted by Gasteiger charge is -2.49. The predicted molar refractivity (Wildman–Crippen MR) is 74.6 cm³/mol. The minimum atomic E-state index is 0.301. The molecule has 0 aromatic heterocycles. The molecular weight excluding hydrogens is 222 g/mol. The van der Waals surface area contributed by atoms with E-state index >= 15 is 0 Å². The second-order valence-corrected chi connectivity index (χ2v) is 7.52. The van der Waals surface area contributed by atoms with Crippen LogP contribution in [0.5, 0.6) is 0 Å². The van der Waals surface area contributed by atoms with Crippen LogP contribution in [0.4, 0.5) is 0 Å². The van der Waals surface area contributed by atoms with E-state index < -0.39 is 0 Å². The molecule has 3 fully saturated rings. The molecule has 18 heavy (non-hydrogen) atoms. The largest absolute Gasteiger partial charge is 0.375 e. The van der Waals surface area contributed by atoms with Crippen molar-refractivity contribution in [1.82, 2.24) is 5.32 Å². The van der Waals surface area contributed by atoms with Crippen molar-refractivity contribution >= 4 is 0 Å². The van der Waals surface area contributed by atoms with Crippen molar-refractivity contribution in [3.05, 3.63) is 0 Å². The average Bonchev–Trinajstić information content (AvgIpc) is 2.93. The number of hydrogen-bond donors (Lipinski definition) is 1. The van der Waals surface area contributed by atoms with E-state index in [4.69, 9.17) is 4.74 Å². The second-order valence-electron chi connectivity index (χ2n) is 7.52. The molecule has 1 saturated heterocycles. The molecule has 1 N–H and O–H groups in total. The number of ether oxygens (including phenoxy) is 1. The molecule has 0 aromatic carbocycles. The first kappa shape index (κ1) is 12.9. The van der Waals surface area contributed by atoms with Crippen molar-refractivity contribution in [2.75, 3.05) is 13.2 Å². The van der Waals surface area contributed by atoms with Crippen LogP contribution in [0.2, 0.25) is 0 Å². The molecule has 3 aliphatic rings. The minimum Gasteiger partial charge on any atom is -0.375 e. The lowest BCUT2D eigenvalue weighted by molar-refractivity contribution is -0.148. The highest BCUT2D eigenvalue weighted by molar-refractivity contribution is 5.06. The molecule has 0 amide bonds. The minimum absolute atomic E-state index is 0.301. The number of nitrogens with one attached hydrogen (secondary N) is 1. The summed E-state index contributed by atoms with van der Waals surface area (Å²) >= 11 is 0. The van der Waals surface area contributed by atoms with Crippen molar-refractivity contribution in [2.24, 2.45) is 17.3 Å². The standard InChI is InChI=1S/C16H29NO/c1-4-17-14(13-11-15(13,2)3)12-6-9-18-16(10-12)7-5-8-16/h12-14,17H,4-11H2,1-3H3. The number of rotatable bonds is 4. The van der Waals surface area contributed by atoms with Gasteiger partial charge in [0.15, 0.2) is 0 Å². The third kappa shape index (κ3) is 2.22. The third-order valence-corrected chi connectivity index (χ3v) is 5.77. The van der Waals surface area contributed by atoms with Crippen molar-refractivity contribution in [1.29, 1.82) is 0 Å². The molecule has 0 bridgehead atoms. The molecule has 0 radical (unpaired) electrons. The Morgan fingerprint density at radius 2 is 2.00 bits per heavy atom. The van der Waals surface area contributed by atoms with Gasteiger partial charge in [0, 0.05) is 12.6 Å². The van der Waals surface area contributed by atoms with Crippen LogP contribution >= 0.6 is 0 Å². The highest BCUT2D eigenvalue weighted by Crippen LogP contribution is 2.57. The smallest absolute Gasteiger partial charge is 0.0685 e. The molecule has 3 unspecified atom stereocenters. The average molecular weight is 251 g/mol. The maximum atomic E-state index is 6.08. The van der Waals surface area contributed by atoms with Crippen LogP contribution in [0.25, 0.3) is 0 Å². The zero-order valence-corrected chi connectivity index (χ0v) is 12.3. The molecule has 2 heteroatoms. The quantitative estimate of drug-likeness (QED) is 0.827. The Bertz CT molecular complexity index is 308. The van der Waals surface area contributed by atoms with E-state index in [1.807, 2.05) is 0 Å². The molecule has 3 rings (SSSR count). The molecule has 3 atom stereocenters. The van der Waals surface area contributed by atoms with Gasteiger partial charge < -0.3 is 10.1 Å². The summed E-state index contributed by atoms with van der Waals surface area (Å²) in [6.07, 6.45) is 8.01. The maximum absolute atomic E-state index is 6.08. The Hall–Kier alpha value is -0.0800. The fraction of sp³-hybridized carbons (Fsp3) is 1.00. The van der Waals surface area contributed by atoms with Crippen molar-refractivity contribution in [3.63, 3.8) is 0 Å². The summed E-state index contributed by atoms with van der Waals surface area (Å²) in [5, 5.41) is 3.80. The first-order valence-corrected chi connectivity index (χ1v) is 7.94. The summed E-state index contributed by atoms with van der Waals surface area (Å²) < 4.78 is 6.08. The number of hydrogen-bond acceptors (Lipinski definition) is 2. The summed E-state index contributed by atoms with van der Waals surface area (Å²) in [6, 6.07) is 0.742. The summed E-state index contributed by atoms with van der Waals surface area (Å²) in [4.78, 5) is 0. The van der Waals surface area contributed by atoms with E-state index in [2.05, 4.69) is 26.1 Å². The molecule has 2 nitrogen and oxygen atoms in total. The molecule has 1 spiro atoms. The lowest BCUT2D eigenvalue weighted by atomic mass is 9.69. The fourth-order valence-electron chi connectivity index (χ4n) is 4.29. The van der Waals surface area contributed by atoms with Crippen LogP contribution in [0, 0.1) is 17.3 Å². The monoisotopic (exact) mass is 251 g/mol. The van der Waals surface area contributed by atoms with Gasteiger partial charge >= 0.3 is 0 Å². The van der Waals surface area contributed by atoms with Gasteiger partial charge in [-0.1, -0.05) is 20.8 Å². The van der Waals surface area contributed by atoms with Crippen LogP contribution in [0.15, 0.2) is 0 Å². The second kappa shape index (κ2) is 4.49. The summed E-state index contributed by atoms with van der Waals surface area (Å²) in [7, 11) is 0. The van der Waals surface area contributed by atoms with Crippen LogP contribution in [0.1, 0.15) is 59.3 Å². The van der Waals surface area contributed by atoms with Crippen LogP contribution in [-0.4, -0.2) is 24.8 Å². The van der Waals surface area contributed by atoms with E-state index in [1.54, 1.807) is 0 Å². The van der Waals surface area contributed by atoms with E-state index in [-0.39, 0.29) is 0 Å². The van der Waals surface area contributed by atoms with E-state index in [0.717, 1.165) is 31.0 Å². The topological polar surface area (TPSA) is 21.3 Å². The first-order chi connectivity index (χ1) is 8.56. The van der Waals surface area contributed by atoms with E-state index in [1.165, 1.54) is 38.5 Å².